The topological polar surface area (TPSA) is 89.4 Å². The maximum absolute atomic E-state index is 12.2. The second kappa shape index (κ2) is 9.36. The monoisotopic (exact) mass is 391 g/mol. The molecule has 3 amide bonds. The summed E-state index contributed by atoms with van der Waals surface area (Å²) in [6.07, 6.45) is 2.67. The Morgan fingerprint density at radius 3 is 2.24 bits per heavy atom. The molecule has 2 N–H and O–H groups in total. The maximum Gasteiger partial charge on any atom is 0.338 e. The molecule has 0 aliphatic rings. The molecule has 7 nitrogen and oxygen atoms in total. The summed E-state index contributed by atoms with van der Waals surface area (Å²) >= 11 is 0. The summed E-state index contributed by atoms with van der Waals surface area (Å²) < 4.78 is 7.06. The number of hydrogen-bond donors (Lipinski definition) is 2. The number of rotatable bonds is 6. The average Bonchev–Trinajstić information content (AvgIpc) is 3.28. The second-order valence-electron chi connectivity index (χ2n) is 6.34. The third kappa shape index (κ3) is 5.55. The number of nitrogens with one attached hydrogen (secondary N) is 2. The van der Waals surface area contributed by atoms with Crippen molar-refractivity contribution in [2.75, 3.05) is 0 Å². The summed E-state index contributed by atoms with van der Waals surface area (Å²) in [6.45, 7) is 1.69. The van der Waals surface area contributed by atoms with E-state index in [1.807, 2.05) is 59.4 Å². The van der Waals surface area contributed by atoms with Crippen LogP contribution in [0.2, 0.25) is 0 Å². The van der Waals surface area contributed by atoms with Gasteiger partial charge in [0.25, 0.3) is 5.91 Å². The molecule has 2 aromatic carbocycles. The minimum atomic E-state index is -1.12. The normalized spacial score (nSPS) is 11.3. The highest BCUT2D eigenvalue weighted by atomic mass is 16.5. The van der Waals surface area contributed by atoms with Crippen LogP contribution in [0.5, 0.6) is 0 Å². The van der Waals surface area contributed by atoms with E-state index in [-0.39, 0.29) is 6.54 Å². The quantitative estimate of drug-likeness (QED) is 0.632. The summed E-state index contributed by atoms with van der Waals surface area (Å²) in [5, 5.41) is 4.74. The van der Waals surface area contributed by atoms with Crippen molar-refractivity contribution < 1.29 is 19.1 Å². The van der Waals surface area contributed by atoms with E-state index in [1.54, 1.807) is 24.3 Å². The molecule has 29 heavy (non-hydrogen) atoms. The van der Waals surface area contributed by atoms with Crippen LogP contribution in [0.3, 0.4) is 0 Å². The first-order valence-electron chi connectivity index (χ1n) is 9.10. The number of esters is 1. The Hall–Kier alpha value is -3.87. The predicted octanol–water partition coefficient (Wildman–Crippen LogP) is 3.05. The van der Waals surface area contributed by atoms with Crippen LogP contribution < -0.4 is 10.6 Å². The van der Waals surface area contributed by atoms with Gasteiger partial charge in [0.1, 0.15) is 0 Å². The molecule has 0 bridgehead atoms. The van der Waals surface area contributed by atoms with Gasteiger partial charge < -0.3 is 14.6 Å². The molecular weight excluding hydrogens is 370 g/mol. The van der Waals surface area contributed by atoms with E-state index in [0.717, 1.165) is 11.3 Å². The van der Waals surface area contributed by atoms with Crippen molar-refractivity contribution in [3.8, 4) is 5.69 Å². The molecule has 0 aliphatic carbocycles. The largest absolute Gasteiger partial charge is 0.449 e. The summed E-state index contributed by atoms with van der Waals surface area (Å²) in [4.78, 5) is 36.2. The highest BCUT2D eigenvalue weighted by Crippen LogP contribution is 2.11. The Bertz CT molecular complexity index is 967. The number of benzene rings is 2. The molecular formula is C22H21N3O4. The van der Waals surface area contributed by atoms with Gasteiger partial charge in [-0.05, 0) is 48.9 Å². The fourth-order valence-corrected chi connectivity index (χ4v) is 2.59. The number of ether oxygens (including phenoxy) is 1. The van der Waals surface area contributed by atoms with Crippen molar-refractivity contribution in [2.24, 2.45) is 0 Å². The Morgan fingerprint density at radius 1 is 0.931 bits per heavy atom. The van der Waals surface area contributed by atoms with Crippen LogP contribution in [0.1, 0.15) is 22.8 Å². The van der Waals surface area contributed by atoms with Crippen LogP contribution in [-0.4, -0.2) is 28.6 Å². The second-order valence-corrected chi connectivity index (χ2v) is 6.34. The van der Waals surface area contributed by atoms with Crippen molar-refractivity contribution >= 4 is 17.9 Å². The minimum absolute atomic E-state index is 0.280. The Labute approximate surface area is 168 Å². The van der Waals surface area contributed by atoms with Crippen LogP contribution in [-0.2, 0) is 16.1 Å². The molecule has 1 atom stereocenters. The van der Waals surface area contributed by atoms with Crippen LogP contribution in [0.15, 0.2) is 79.1 Å². The Balaban J connectivity index is 1.48. The van der Waals surface area contributed by atoms with E-state index >= 15 is 0 Å². The van der Waals surface area contributed by atoms with Gasteiger partial charge in [0.2, 0.25) is 0 Å². The van der Waals surface area contributed by atoms with Crippen molar-refractivity contribution in [1.82, 2.24) is 15.2 Å². The molecule has 0 fully saturated rings. The zero-order chi connectivity index (χ0) is 20.6. The third-order valence-electron chi connectivity index (χ3n) is 4.19. The Kier molecular flexibility index (Phi) is 6.42. The van der Waals surface area contributed by atoms with E-state index in [1.165, 1.54) is 6.92 Å². The molecule has 7 heteroatoms. The number of aromatic nitrogens is 1. The molecule has 0 aliphatic heterocycles. The van der Waals surface area contributed by atoms with Gasteiger partial charge in [0.05, 0.1) is 5.56 Å². The van der Waals surface area contributed by atoms with Crippen LogP contribution in [0, 0.1) is 0 Å². The molecule has 1 aromatic heterocycles. The zero-order valence-electron chi connectivity index (χ0n) is 15.9. The van der Waals surface area contributed by atoms with E-state index in [0.29, 0.717) is 5.56 Å². The fourth-order valence-electron chi connectivity index (χ4n) is 2.59. The van der Waals surface area contributed by atoms with Gasteiger partial charge in [-0.3, -0.25) is 10.1 Å². The highest BCUT2D eigenvalue weighted by molar-refractivity contribution is 5.98. The summed E-state index contributed by atoms with van der Waals surface area (Å²) in [6, 6.07) is 19.2. The molecule has 1 heterocycles. The number of amides is 3. The lowest BCUT2D eigenvalue weighted by molar-refractivity contribution is -0.127. The van der Waals surface area contributed by atoms with E-state index in [4.69, 9.17) is 4.74 Å². The number of hydrogen-bond acceptors (Lipinski definition) is 4. The van der Waals surface area contributed by atoms with E-state index in [2.05, 4.69) is 10.6 Å². The van der Waals surface area contributed by atoms with Gasteiger partial charge in [-0.2, -0.15) is 0 Å². The zero-order valence-corrected chi connectivity index (χ0v) is 15.9. The van der Waals surface area contributed by atoms with Crippen molar-refractivity contribution in [3.05, 3.63) is 90.3 Å². The first kappa shape index (κ1) is 19.9. The minimum Gasteiger partial charge on any atom is -0.449 e. The van der Waals surface area contributed by atoms with Gasteiger partial charge in [0, 0.05) is 24.6 Å². The average molecular weight is 391 g/mol. The molecule has 0 saturated carbocycles. The molecule has 0 spiro atoms. The third-order valence-corrected chi connectivity index (χ3v) is 4.19. The molecule has 148 valence electrons. The smallest absolute Gasteiger partial charge is 0.338 e. The summed E-state index contributed by atoms with van der Waals surface area (Å²) in [5.74, 6) is -1.34. The van der Waals surface area contributed by atoms with E-state index < -0.39 is 24.0 Å². The maximum atomic E-state index is 12.2. The van der Waals surface area contributed by atoms with Crippen LogP contribution in [0.25, 0.3) is 5.69 Å². The van der Waals surface area contributed by atoms with Gasteiger partial charge >= 0.3 is 12.0 Å². The summed E-state index contributed by atoms with van der Waals surface area (Å²) in [7, 11) is 0. The summed E-state index contributed by atoms with van der Waals surface area (Å²) in [5.41, 5.74) is 2.11. The predicted molar refractivity (Wildman–Crippen MR) is 107 cm³/mol. The lowest BCUT2D eigenvalue weighted by Crippen LogP contribution is -2.44. The SMILES string of the molecule is CC(OC(=O)c1ccc(-n2cccc2)cc1)C(=O)NC(=O)NCc1ccccc1. The lowest BCUT2D eigenvalue weighted by Gasteiger charge is -2.13. The first-order chi connectivity index (χ1) is 14.0. The standard InChI is InChI=1S/C22H21N3O4/c1-16(20(26)24-22(28)23-15-17-7-3-2-4-8-17)29-21(27)18-9-11-19(12-10-18)25-13-5-6-14-25/h2-14,16H,15H2,1H3,(H2,23,24,26,28). The van der Waals surface area contributed by atoms with Crippen molar-refractivity contribution in [1.29, 1.82) is 0 Å². The molecule has 3 rings (SSSR count). The van der Waals surface area contributed by atoms with Gasteiger partial charge in [-0.25, -0.2) is 9.59 Å². The van der Waals surface area contributed by atoms with Gasteiger partial charge in [-0.15, -0.1) is 0 Å². The van der Waals surface area contributed by atoms with E-state index in [9.17, 15) is 14.4 Å². The van der Waals surface area contributed by atoms with Gasteiger partial charge in [-0.1, -0.05) is 30.3 Å². The number of urea groups is 1. The van der Waals surface area contributed by atoms with Crippen molar-refractivity contribution in [2.45, 2.75) is 19.6 Å². The number of nitrogens with zero attached hydrogens (tertiary/aromatic N) is 1. The van der Waals surface area contributed by atoms with Gasteiger partial charge in [0.15, 0.2) is 6.10 Å². The number of carbonyl (C=O) groups is 3. The molecule has 0 saturated heterocycles. The van der Waals surface area contributed by atoms with Crippen LogP contribution >= 0.6 is 0 Å². The number of imide groups is 1. The van der Waals surface area contributed by atoms with Crippen LogP contribution in [0.4, 0.5) is 4.79 Å². The molecule has 3 aromatic rings. The first-order valence-corrected chi connectivity index (χ1v) is 9.10. The number of carbonyl (C=O) groups excluding carboxylic acids is 3. The Morgan fingerprint density at radius 2 is 1.59 bits per heavy atom. The fraction of sp³-hybridized carbons (Fsp3) is 0.136. The molecule has 1 unspecified atom stereocenters. The highest BCUT2D eigenvalue weighted by Gasteiger charge is 2.20. The van der Waals surface area contributed by atoms with Crippen molar-refractivity contribution in [3.63, 3.8) is 0 Å². The molecule has 0 radical (unpaired) electrons. The lowest BCUT2D eigenvalue weighted by atomic mass is 10.2.